The molecule has 1 atom stereocenters. The van der Waals surface area contributed by atoms with Crippen LogP contribution in [0.15, 0.2) is 18.9 Å². The maximum absolute atomic E-state index is 12.7. The highest BCUT2D eigenvalue weighted by atomic mass is 16.2. The van der Waals surface area contributed by atoms with Crippen molar-refractivity contribution in [1.82, 2.24) is 29.6 Å². The summed E-state index contributed by atoms with van der Waals surface area (Å²) >= 11 is 0. The van der Waals surface area contributed by atoms with Gasteiger partial charge in [-0.25, -0.2) is 4.98 Å². The van der Waals surface area contributed by atoms with Gasteiger partial charge >= 0.3 is 0 Å². The lowest BCUT2D eigenvalue weighted by atomic mass is 9.62. The Labute approximate surface area is 141 Å². The molecule has 1 spiro atoms. The first kappa shape index (κ1) is 15.4. The van der Waals surface area contributed by atoms with Crippen molar-refractivity contribution >= 4 is 5.91 Å². The molecule has 1 aliphatic carbocycles. The van der Waals surface area contributed by atoms with Gasteiger partial charge in [-0.3, -0.25) is 4.79 Å². The number of aromatic nitrogens is 5. The van der Waals surface area contributed by atoms with Gasteiger partial charge in [-0.1, -0.05) is 20.3 Å². The SMILES string of the molecule is CC(C)Cn1cnnc1C1CN(C(=O)c2cnc[nH]2)CC12CCC2. The molecule has 0 bridgehead atoms. The summed E-state index contributed by atoms with van der Waals surface area (Å²) in [4.78, 5) is 21.6. The average Bonchev–Trinajstić information content (AvgIpc) is 3.23. The van der Waals surface area contributed by atoms with E-state index >= 15 is 0 Å². The van der Waals surface area contributed by atoms with Gasteiger partial charge in [0.15, 0.2) is 0 Å². The van der Waals surface area contributed by atoms with Gasteiger partial charge in [0.2, 0.25) is 0 Å². The number of H-pyrrole nitrogens is 1. The second-order valence-electron chi connectivity index (χ2n) is 7.65. The number of amides is 1. The minimum Gasteiger partial charge on any atom is -0.341 e. The monoisotopic (exact) mass is 328 g/mol. The van der Waals surface area contributed by atoms with Crippen molar-refractivity contribution < 1.29 is 4.79 Å². The normalized spacial score (nSPS) is 22.3. The van der Waals surface area contributed by atoms with E-state index < -0.39 is 0 Å². The highest BCUT2D eigenvalue weighted by Crippen LogP contribution is 2.55. The Kier molecular flexibility index (Phi) is 3.66. The third kappa shape index (κ3) is 2.42. The van der Waals surface area contributed by atoms with Gasteiger partial charge in [-0.15, -0.1) is 10.2 Å². The molecular formula is C17H24N6O. The molecule has 3 heterocycles. The molecule has 1 saturated heterocycles. The van der Waals surface area contributed by atoms with Crippen LogP contribution in [0.5, 0.6) is 0 Å². The third-order valence-electron chi connectivity index (χ3n) is 5.53. The van der Waals surface area contributed by atoms with Gasteiger partial charge < -0.3 is 14.5 Å². The molecule has 2 fully saturated rings. The second kappa shape index (κ2) is 5.72. The number of hydrogen-bond donors (Lipinski definition) is 1. The highest BCUT2D eigenvalue weighted by Gasteiger charge is 2.53. The Morgan fingerprint density at radius 3 is 2.92 bits per heavy atom. The topological polar surface area (TPSA) is 79.7 Å². The average molecular weight is 328 g/mol. The van der Waals surface area contributed by atoms with Crippen LogP contribution in [0.3, 0.4) is 0 Å². The van der Waals surface area contributed by atoms with E-state index in [2.05, 4.69) is 38.6 Å². The van der Waals surface area contributed by atoms with E-state index in [4.69, 9.17) is 0 Å². The quantitative estimate of drug-likeness (QED) is 0.932. The van der Waals surface area contributed by atoms with Crippen molar-refractivity contribution in [2.45, 2.75) is 45.6 Å². The number of nitrogens with one attached hydrogen (secondary N) is 1. The van der Waals surface area contributed by atoms with Gasteiger partial charge in [0.05, 0.1) is 12.5 Å². The first-order chi connectivity index (χ1) is 11.6. The standard InChI is InChI=1S/C17H24N6O/c1-12(2)7-23-11-20-21-15(23)13-8-22(9-17(13)4-3-5-17)16(24)14-6-18-10-19-14/h6,10-13H,3-5,7-9H2,1-2H3,(H,18,19). The van der Waals surface area contributed by atoms with Crippen molar-refractivity contribution in [1.29, 1.82) is 0 Å². The number of carbonyl (C=O) groups is 1. The molecule has 24 heavy (non-hydrogen) atoms. The molecule has 7 heteroatoms. The molecule has 1 saturated carbocycles. The maximum atomic E-state index is 12.7. The maximum Gasteiger partial charge on any atom is 0.271 e. The van der Waals surface area contributed by atoms with E-state index in [0.29, 0.717) is 18.2 Å². The van der Waals surface area contributed by atoms with E-state index in [1.165, 1.54) is 19.3 Å². The summed E-state index contributed by atoms with van der Waals surface area (Å²) in [6.45, 7) is 6.85. The van der Waals surface area contributed by atoms with E-state index in [1.54, 1.807) is 12.5 Å². The lowest BCUT2D eigenvalue weighted by Crippen LogP contribution is -2.38. The minimum absolute atomic E-state index is 0.0381. The number of imidazole rings is 1. The Balaban J connectivity index is 1.61. The van der Waals surface area contributed by atoms with Crippen LogP contribution >= 0.6 is 0 Å². The predicted octanol–water partition coefficient (Wildman–Crippen LogP) is 2.07. The van der Waals surface area contributed by atoms with E-state index in [-0.39, 0.29) is 17.2 Å². The summed E-state index contributed by atoms with van der Waals surface area (Å²) in [6, 6.07) is 0. The van der Waals surface area contributed by atoms with Crippen LogP contribution in [0.4, 0.5) is 0 Å². The summed E-state index contributed by atoms with van der Waals surface area (Å²) in [5, 5.41) is 8.60. The number of carbonyl (C=O) groups excluding carboxylic acids is 1. The molecule has 7 nitrogen and oxygen atoms in total. The molecule has 0 aromatic carbocycles. The number of nitrogens with zero attached hydrogens (tertiary/aromatic N) is 5. The van der Waals surface area contributed by atoms with Crippen molar-refractivity contribution in [3.8, 4) is 0 Å². The summed E-state index contributed by atoms with van der Waals surface area (Å²) in [5.74, 6) is 1.90. The molecular weight excluding hydrogens is 304 g/mol. The van der Waals surface area contributed by atoms with Crippen LogP contribution in [0.1, 0.15) is 55.3 Å². The molecule has 128 valence electrons. The Bertz CT molecular complexity index is 715. The zero-order valence-corrected chi connectivity index (χ0v) is 14.3. The predicted molar refractivity (Wildman–Crippen MR) is 88.4 cm³/mol. The van der Waals surface area contributed by atoms with Crippen molar-refractivity contribution in [2.75, 3.05) is 13.1 Å². The first-order valence-electron chi connectivity index (χ1n) is 8.74. The zero-order chi connectivity index (χ0) is 16.7. The first-order valence-corrected chi connectivity index (χ1v) is 8.74. The van der Waals surface area contributed by atoms with Gasteiger partial charge in [-0.05, 0) is 24.2 Å². The molecule has 0 radical (unpaired) electrons. The lowest BCUT2D eigenvalue weighted by molar-refractivity contribution is 0.0718. The van der Waals surface area contributed by atoms with Gasteiger partial charge in [0.1, 0.15) is 17.8 Å². The number of hydrogen-bond acceptors (Lipinski definition) is 4. The summed E-state index contributed by atoms with van der Waals surface area (Å²) in [5.41, 5.74) is 0.742. The number of aromatic amines is 1. The van der Waals surface area contributed by atoms with Gasteiger partial charge in [0.25, 0.3) is 5.91 Å². The van der Waals surface area contributed by atoms with Crippen LogP contribution in [0, 0.1) is 11.3 Å². The molecule has 1 unspecified atom stereocenters. The smallest absolute Gasteiger partial charge is 0.271 e. The molecule has 1 N–H and O–H groups in total. The molecule has 1 amide bonds. The van der Waals surface area contributed by atoms with Crippen LogP contribution in [0.2, 0.25) is 0 Å². The molecule has 2 aromatic rings. The largest absolute Gasteiger partial charge is 0.341 e. The fourth-order valence-electron chi connectivity index (χ4n) is 4.23. The molecule has 2 aliphatic rings. The number of rotatable bonds is 4. The van der Waals surface area contributed by atoms with Crippen molar-refractivity contribution in [2.24, 2.45) is 11.3 Å². The fraction of sp³-hybridized carbons (Fsp3) is 0.647. The third-order valence-corrected chi connectivity index (χ3v) is 5.53. The molecule has 2 aromatic heterocycles. The van der Waals surface area contributed by atoms with Gasteiger partial charge in [-0.2, -0.15) is 0 Å². The lowest BCUT2D eigenvalue weighted by Gasteiger charge is -2.42. The van der Waals surface area contributed by atoms with Crippen molar-refractivity contribution in [3.05, 3.63) is 30.4 Å². The van der Waals surface area contributed by atoms with Crippen molar-refractivity contribution in [3.63, 3.8) is 0 Å². The molecule has 4 rings (SSSR count). The van der Waals surface area contributed by atoms with Crippen LogP contribution in [0.25, 0.3) is 0 Å². The summed E-state index contributed by atoms with van der Waals surface area (Å²) < 4.78 is 2.18. The summed E-state index contributed by atoms with van der Waals surface area (Å²) in [6.07, 6.45) is 8.56. The Hall–Kier alpha value is -2.18. The fourth-order valence-corrected chi connectivity index (χ4v) is 4.23. The van der Waals surface area contributed by atoms with E-state index in [9.17, 15) is 4.79 Å². The highest BCUT2D eigenvalue weighted by molar-refractivity contribution is 5.92. The zero-order valence-electron chi connectivity index (χ0n) is 14.3. The van der Waals surface area contributed by atoms with E-state index in [1.807, 2.05) is 11.2 Å². The Morgan fingerprint density at radius 2 is 2.29 bits per heavy atom. The summed E-state index contributed by atoms with van der Waals surface area (Å²) in [7, 11) is 0. The van der Waals surface area contributed by atoms with E-state index in [0.717, 1.165) is 18.9 Å². The second-order valence-corrected chi connectivity index (χ2v) is 7.65. The van der Waals surface area contributed by atoms with Crippen LogP contribution in [-0.2, 0) is 6.54 Å². The molecule has 1 aliphatic heterocycles. The number of likely N-dealkylation sites (tertiary alicyclic amines) is 1. The Morgan fingerprint density at radius 1 is 1.46 bits per heavy atom. The van der Waals surface area contributed by atoms with Crippen LogP contribution < -0.4 is 0 Å². The van der Waals surface area contributed by atoms with Crippen LogP contribution in [-0.4, -0.2) is 48.6 Å². The minimum atomic E-state index is 0.0381. The van der Waals surface area contributed by atoms with Gasteiger partial charge in [0, 0.05) is 25.6 Å².